The van der Waals surface area contributed by atoms with Gasteiger partial charge in [0.05, 0.1) is 4.47 Å². The SMILES string of the molecule is Cc1cc(C(C)N)c(C)c(F)c1Br. The average Bonchev–Trinajstić information content (AvgIpc) is 2.07. The van der Waals surface area contributed by atoms with Crippen molar-refractivity contribution in [3.8, 4) is 0 Å². The van der Waals surface area contributed by atoms with Gasteiger partial charge in [-0.15, -0.1) is 0 Å². The number of nitrogens with two attached hydrogens (primary N) is 1. The normalized spacial score (nSPS) is 13.1. The minimum atomic E-state index is -0.202. The van der Waals surface area contributed by atoms with Gasteiger partial charge in [0.25, 0.3) is 0 Å². The fourth-order valence-corrected chi connectivity index (χ4v) is 1.75. The van der Waals surface area contributed by atoms with E-state index in [1.54, 1.807) is 6.92 Å². The molecule has 0 saturated heterocycles. The minimum absolute atomic E-state index is 0.124. The zero-order chi connectivity index (χ0) is 10.2. The van der Waals surface area contributed by atoms with E-state index < -0.39 is 0 Å². The van der Waals surface area contributed by atoms with Crippen LogP contribution in [0.1, 0.15) is 29.7 Å². The quantitative estimate of drug-likeness (QED) is 0.808. The van der Waals surface area contributed by atoms with Gasteiger partial charge < -0.3 is 5.73 Å². The lowest BCUT2D eigenvalue weighted by Crippen LogP contribution is -2.09. The van der Waals surface area contributed by atoms with Gasteiger partial charge in [0.2, 0.25) is 0 Å². The highest BCUT2D eigenvalue weighted by atomic mass is 79.9. The Balaban J connectivity index is 3.41. The van der Waals surface area contributed by atoms with Gasteiger partial charge >= 0.3 is 0 Å². The lowest BCUT2D eigenvalue weighted by Gasteiger charge is -2.13. The van der Waals surface area contributed by atoms with Crippen LogP contribution in [0.5, 0.6) is 0 Å². The van der Waals surface area contributed by atoms with Crippen molar-refractivity contribution in [1.29, 1.82) is 0 Å². The van der Waals surface area contributed by atoms with Crippen molar-refractivity contribution in [3.05, 3.63) is 33.0 Å². The van der Waals surface area contributed by atoms with Crippen LogP contribution in [-0.4, -0.2) is 0 Å². The van der Waals surface area contributed by atoms with Gasteiger partial charge in [0, 0.05) is 6.04 Å². The van der Waals surface area contributed by atoms with E-state index in [9.17, 15) is 4.39 Å². The molecular formula is C10H13BrFN. The van der Waals surface area contributed by atoms with Crippen molar-refractivity contribution >= 4 is 15.9 Å². The second-order valence-electron chi connectivity index (χ2n) is 3.32. The molecule has 0 saturated carbocycles. The molecule has 1 rings (SSSR count). The molecule has 0 aromatic heterocycles. The Bertz CT molecular complexity index is 334. The van der Waals surface area contributed by atoms with Crippen molar-refractivity contribution in [2.24, 2.45) is 5.73 Å². The molecule has 2 N–H and O–H groups in total. The Morgan fingerprint density at radius 2 is 2.00 bits per heavy atom. The Labute approximate surface area is 86.3 Å². The Morgan fingerprint density at radius 1 is 1.46 bits per heavy atom. The van der Waals surface area contributed by atoms with E-state index in [1.807, 2.05) is 19.9 Å². The molecule has 13 heavy (non-hydrogen) atoms. The third-order valence-electron chi connectivity index (χ3n) is 2.16. The summed E-state index contributed by atoms with van der Waals surface area (Å²) >= 11 is 3.20. The van der Waals surface area contributed by atoms with Crippen LogP contribution in [0.4, 0.5) is 4.39 Å². The number of aryl methyl sites for hydroxylation is 1. The lowest BCUT2D eigenvalue weighted by molar-refractivity contribution is 0.603. The molecule has 0 spiro atoms. The van der Waals surface area contributed by atoms with E-state index in [4.69, 9.17) is 5.73 Å². The molecule has 1 nitrogen and oxygen atoms in total. The second-order valence-corrected chi connectivity index (χ2v) is 4.12. The van der Waals surface area contributed by atoms with Crippen LogP contribution in [0.25, 0.3) is 0 Å². The van der Waals surface area contributed by atoms with E-state index in [1.165, 1.54) is 0 Å². The van der Waals surface area contributed by atoms with Gasteiger partial charge in [-0.05, 0) is 53.4 Å². The summed E-state index contributed by atoms with van der Waals surface area (Å²) in [5, 5.41) is 0. The smallest absolute Gasteiger partial charge is 0.140 e. The van der Waals surface area contributed by atoms with Crippen molar-refractivity contribution in [1.82, 2.24) is 0 Å². The summed E-state index contributed by atoms with van der Waals surface area (Å²) in [7, 11) is 0. The maximum absolute atomic E-state index is 13.5. The standard InChI is InChI=1S/C10H13BrFN/c1-5-4-8(7(3)13)6(2)10(12)9(5)11/h4,7H,13H2,1-3H3. The topological polar surface area (TPSA) is 26.0 Å². The summed E-state index contributed by atoms with van der Waals surface area (Å²) in [6.45, 7) is 5.46. The van der Waals surface area contributed by atoms with Crippen molar-refractivity contribution in [3.63, 3.8) is 0 Å². The highest BCUT2D eigenvalue weighted by molar-refractivity contribution is 9.10. The largest absolute Gasteiger partial charge is 0.324 e. The first kappa shape index (κ1) is 10.7. The zero-order valence-corrected chi connectivity index (χ0v) is 9.57. The second kappa shape index (κ2) is 3.76. The van der Waals surface area contributed by atoms with Gasteiger partial charge in [0.1, 0.15) is 5.82 Å². The van der Waals surface area contributed by atoms with Gasteiger partial charge in [-0.25, -0.2) is 4.39 Å². The van der Waals surface area contributed by atoms with E-state index in [0.717, 1.165) is 11.1 Å². The summed E-state index contributed by atoms with van der Waals surface area (Å²) in [6, 6.07) is 1.80. The van der Waals surface area contributed by atoms with E-state index in [2.05, 4.69) is 15.9 Å². The number of benzene rings is 1. The molecule has 0 fully saturated rings. The number of rotatable bonds is 1. The molecule has 0 aliphatic rings. The van der Waals surface area contributed by atoms with E-state index >= 15 is 0 Å². The van der Waals surface area contributed by atoms with Gasteiger partial charge in [-0.1, -0.05) is 6.07 Å². The van der Waals surface area contributed by atoms with Crippen molar-refractivity contribution in [2.75, 3.05) is 0 Å². The summed E-state index contributed by atoms with van der Waals surface area (Å²) in [5.74, 6) is -0.202. The molecule has 0 aliphatic heterocycles. The molecule has 0 amide bonds. The van der Waals surface area contributed by atoms with Gasteiger partial charge in [0.15, 0.2) is 0 Å². The molecule has 3 heteroatoms. The zero-order valence-electron chi connectivity index (χ0n) is 7.99. The molecule has 1 unspecified atom stereocenters. The van der Waals surface area contributed by atoms with E-state index in [0.29, 0.717) is 10.0 Å². The van der Waals surface area contributed by atoms with Crippen molar-refractivity contribution in [2.45, 2.75) is 26.8 Å². The first-order chi connectivity index (χ1) is 5.95. The van der Waals surface area contributed by atoms with Gasteiger partial charge in [-0.2, -0.15) is 0 Å². The highest BCUT2D eigenvalue weighted by Gasteiger charge is 2.13. The summed E-state index contributed by atoms with van der Waals surface area (Å²) in [4.78, 5) is 0. The lowest BCUT2D eigenvalue weighted by atomic mass is 10.00. The predicted molar refractivity (Wildman–Crippen MR) is 56.2 cm³/mol. The average molecular weight is 246 g/mol. The maximum Gasteiger partial charge on any atom is 0.140 e. The van der Waals surface area contributed by atoms with Crippen LogP contribution in [0.3, 0.4) is 0 Å². The maximum atomic E-state index is 13.5. The van der Waals surface area contributed by atoms with Crippen LogP contribution in [-0.2, 0) is 0 Å². The van der Waals surface area contributed by atoms with Crippen LogP contribution in [0.15, 0.2) is 10.5 Å². The first-order valence-corrected chi connectivity index (χ1v) is 4.95. The van der Waals surface area contributed by atoms with Gasteiger partial charge in [-0.3, -0.25) is 0 Å². The fraction of sp³-hybridized carbons (Fsp3) is 0.400. The summed E-state index contributed by atoms with van der Waals surface area (Å²) < 4.78 is 14.0. The summed E-state index contributed by atoms with van der Waals surface area (Å²) in [6.07, 6.45) is 0. The molecule has 0 aliphatic carbocycles. The van der Waals surface area contributed by atoms with Crippen LogP contribution < -0.4 is 5.73 Å². The molecule has 1 aromatic carbocycles. The monoisotopic (exact) mass is 245 g/mol. The molecule has 1 aromatic rings. The molecule has 72 valence electrons. The Hall–Kier alpha value is -0.410. The number of hydrogen-bond donors (Lipinski definition) is 1. The van der Waals surface area contributed by atoms with Crippen molar-refractivity contribution < 1.29 is 4.39 Å². The fourth-order valence-electron chi connectivity index (χ4n) is 1.34. The minimum Gasteiger partial charge on any atom is -0.324 e. The third kappa shape index (κ3) is 1.92. The van der Waals surface area contributed by atoms with E-state index in [-0.39, 0.29) is 11.9 Å². The summed E-state index contributed by atoms with van der Waals surface area (Å²) in [5.41, 5.74) is 8.11. The first-order valence-electron chi connectivity index (χ1n) is 4.15. The van der Waals surface area contributed by atoms with Crippen LogP contribution in [0, 0.1) is 19.7 Å². The molecule has 0 radical (unpaired) electrons. The predicted octanol–water partition coefficient (Wildman–Crippen LogP) is 3.22. The Kier molecular flexibility index (Phi) is 3.09. The van der Waals surface area contributed by atoms with Crippen LogP contribution in [0.2, 0.25) is 0 Å². The van der Waals surface area contributed by atoms with Crippen LogP contribution >= 0.6 is 15.9 Å². The molecule has 0 heterocycles. The number of hydrogen-bond acceptors (Lipinski definition) is 1. The highest BCUT2D eigenvalue weighted by Crippen LogP contribution is 2.28. The Morgan fingerprint density at radius 3 is 2.46 bits per heavy atom. The molecular weight excluding hydrogens is 233 g/mol. The molecule has 0 bridgehead atoms. The third-order valence-corrected chi connectivity index (χ3v) is 3.14. The number of halogens is 2. The molecule has 1 atom stereocenters.